The minimum atomic E-state index is -4.39. The molecule has 0 unspecified atom stereocenters. The Labute approximate surface area is 187 Å². The third kappa shape index (κ3) is 5.24. The maximum absolute atomic E-state index is 13.0. The molecule has 0 amide bonds. The van der Waals surface area contributed by atoms with Crippen molar-refractivity contribution < 1.29 is 13.2 Å². The minimum absolute atomic E-state index is 0.193. The number of halogens is 5. The number of hydrogen-bond donors (Lipinski definition) is 2. The fourth-order valence-corrected chi connectivity index (χ4v) is 3.46. The van der Waals surface area contributed by atoms with Gasteiger partial charge in [-0.25, -0.2) is 0 Å². The van der Waals surface area contributed by atoms with Gasteiger partial charge in [0.1, 0.15) is 0 Å². The van der Waals surface area contributed by atoms with E-state index in [9.17, 15) is 13.2 Å². The maximum Gasteiger partial charge on any atom is 0.416 e. The third-order valence-corrected chi connectivity index (χ3v) is 5.15. The summed E-state index contributed by atoms with van der Waals surface area (Å²) in [5.41, 5.74) is 2.40. The summed E-state index contributed by atoms with van der Waals surface area (Å²) < 4.78 is 40.5. The molecule has 0 atom stereocenters. The Bertz CT molecular complexity index is 1100. The van der Waals surface area contributed by atoms with Crippen molar-refractivity contribution in [1.82, 2.24) is 9.78 Å². The van der Waals surface area contributed by atoms with Crippen LogP contribution in [0, 0.1) is 13.8 Å². The molecule has 0 aliphatic heterocycles. The number of anilines is 2. The lowest BCUT2D eigenvalue weighted by Crippen LogP contribution is -2.20. The molecule has 0 spiro atoms. The summed E-state index contributed by atoms with van der Waals surface area (Å²) in [6.45, 7) is 3.79. The topological polar surface area (TPSA) is 41.9 Å². The van der Waals surface area contributed by atoms with Crippen molar-refractivity contribution in [3.63, 3.8) is 0 Å². The molecule has 0 saturated heterocycles. The van der Waals surface area contributed by atoms with E-state index in [1.165, 1.54) is 6.07 Å². The van der Waals surface area contributed by atoms with Crippen LogP contribution in [0.2, 0.25) is 10.0 Å². The van der Waals surface area contributed by atoms with E-state index in [-0.39, 0.29) is 11.7 Å². The van der Waals surface area contributed by atoms with Gasteiger partial charge in [0.15, 0.2) is 5.11 Å². The highest BCUT2D eigenvalue weighted by Gasteiger charge is 2.30. The highest BCUT2D eigenvalue weighted by atomic mass is 35.5. The maximum atomic E-state index is 13.0. The van der Waals surface area contributed by atoms with Crippen LogP contribution in [0.15, 0.2) is 42.5 Å². The lowest BCUT2D eigenvalue weighted by molar-refractivity contribution is -0.137. The first-order valence-electron chi connectivity index (χ1n) is 8.78. The van der Waals surface area contributed by atoms with Gasteiger partial charge in [0.05, 0.1) is 39.9 Å². The number of nitrogens with one attached hydrogen (secondary N) is 2. The van der Waals surface area contributed by atoms with Crippen LogP contribution in [0.5, 0.6) is 0 Å². The molecule has 0 saturated carbocycles. The molecule has 0 aliphatic rings. The monoisotopic (exact) mass is 472 g/mol. The number of thiocarbonyl (C=S) groups is 1. The molecule has 3 rings (SSSR count). The van der Waals surface area contributed by atoms with E-state index >= 15 is 0 Å². The Balaban J connectivity index is 1.77. The van der Waals surface area contributed by atoms with Crippen LogP contribution in [0.3, 0.4) is 0 Å². The minimum Gasteiger partial charge on any atom is -0.331 e. The summed E-state index contributed by atoms with van der Waals surface area (Å²) in [7, 11) is 0. The fourth-order valence-electron chi connectivity index (χ4n) is 2.91. The van der Waals surface area contributed by atoms with Crippen LogP contribution in [0.25, 0.3) is 0 Å². The second kappa shape index (κ2) is 8.83. The lowest BCUT2D eigenvalue weighted by Gasteiger charge is -2.13. The molecule has 0 radical (unpaired) electrons. The number of rotatable bonds is 4. The van der Waals surface area contributed by atoms with Crippen molar-refractivity contribution in [1.29, 1.82) is 0 Å². The zero-order valence-corrected chi connectivity index (χ0v) is 18.3. The standard InChI is InChI=1S/C20H17Cl2F3N4S/c1-11-18(27-19(30)26-17-9-15(21)6-7-16(17)22)12(2)29(28-11)10-13-4-3-5-14(8-13)20(23,24)25/h3-9H,10H2,1-2H3,(H2,26,27,30). The Morgan fingerprint density at radius 1 is 1.10 bits per heavy atom. The Morgan fingerprint density at radius 2 is 1.83 bits per heavy atom. The highest BCUT2D eigenvalue weighted by molar-refractivity contribution is 7.80. The number of hydrogen-bond acceptors (Lipinski definition) is 2. The Kier molecular flexibility index (Phi) is 6.59. The summed E-state index contributed by atoms with van der Waals surface area (Å²) in [6.07, 6.45) is -4.39. The van der Waals surface area contributed by atoms with Crippen molar-refractivity contribution in [2.24, 2.45) is 0 Å². The van der Waals surface area contributed by atoms with Crippen LogP contribution in [0.4, 0.5) is 24.5 Å². The van der Waals surface area contributed by atoms with Crippen molar-refractivity contribution in [2.45, 2.75) is 26.6 Å². The molecular weight excluding hydrogens is 456 g/mol. The molecular formula is C20H17Cl2F3N4S. The normalized spacial score (nSPS) is 11.4. The van der Waals surface area contributed by atoms with Gasteiger partial charge >= 0.3 is 6.18 Å². The van der Waals surface area contributed by atoms with Gasteiger partial charge in [0.25, 0.3) is 0 Å². The van der Waals surface area contributed by atoms with Crippen molar-refractivity contribution in [3.8, 4) is 0 Å². The Morgan fingerprint density at radius 3 is 2.53 bits per heavy atom. The van der Waals surface area contributed by atoms with E-state index in [0.29, 0.717) is 32.7 Å². The summed E-state index contributed by atoms with van der Waals surface area (Å²) in [4.78, 5) is 0. The van der Waals surface area contributed by atoms with E-state index in [4.69, 9.17) is 35.4 Å². The first kappa shape index (κ1) is 22.4. The highest BCUT2D eigenvalue weighted by Crippen LogP contribution is 2.30. The van der Waals surface area contributed by atoms with Gasteiger partial charge in [-0.2, -0.15) is 18.3 Å². The average Bonchev–Trinajstić information content (AvgIpc) is 2.91. The molecule has 4 nitrogen and oxygen atoms in total. The lowest BCUT2D eigenvalue weighted by atomic mass is 10.1. The predicted molar refractivity (Wildman–Crippen MR) is 119 cm³/mol. The van der Waals surface area contributed by atoms with E-state index < -0.39 is 11.7 Å². The molecule has 0 bridgehead atoms. The first-order chi connectivity index (χ1) is 14.0. The second-order valence-corrected chi connectivity index (χ2v) is 7.86. The molecule has 2 aromatic carbocycles. The van der Waals surface area contributed by atoms with Gasteiger partial charge in [0.2, 0.25) is 0 Å². The summed E-state index contributed by atoms with van der Waals surface area (Å²) in [5, 5.41) is 11.7. The molecule has 1 aromatic heterocycles. The smallest absolute Gasteiger partial charge is 0.331 e. The molecule has 30 heavy (non-hydrogen) atoms. The summed E-state index contributed by atoms with van der Waals surface area (Å²) in [5.74, 6) is 0. The molecule has 158 valence electrons. The van der Waals surface area contributed by atoms with E-state index in [1.807, 2.05) is 6.92 Å². The van der Waals surface area contributed by atoms with Crippen molar-refractivity contribution >= 4 is 51.9 Å². The second-order valence-electron chi connectivity index (χ2n) is 6.60. The van der Waals surface area contributed by atoms with Crippen LogP contribution in [0.1, 0.15) is 22.5 Å². The summed E-state index contributed by atoms with van der Waals surface area (Å²) in [6, 6.07) is 10.1. The number of benzene rings is 2. The quantitative estimate of drug-likeness (QED) is 0.415. The SMILES string of the molecule is Cc1nn(Cc2cccc(C(F)(F)F)c2)c(C)c1NC(=S)Nc1cc(Cl)ccc1Cl. The Hall–Kier alpha value is -2.29. The predicted octanol–water partition coefficient (Wildman–Crippen LogP) is 6.68. The largest absolute Gasteiger partial charge is 0.416 e. The zero-order valence-electron chi connectivity index (χ0n) is 15.9. The van der Waals surface area contributed by atoms with E-state index in [0.717, 1.165) is 17.8 Å². The molecule has 0 aliphatic carbocycles. The number of alkyl halides is 3. The van der Waals surface area contributed by atoms with E-state index in [1.54, 1.807) is 35.9 Å². The van der Waals surface area contributed by atoms with Crippen molar-refractivity contribution in [3.05, 3.63) is 75.0 Å². The number of aromatic nitrogens is 2. The van der Waals surface area contributed by atoms with Crippen molar-refractivity contribution in [2.75, 3.05) is 10.6 Å². The van der Waals surface area contributed by atoms with Gasteiger partial charge in [0, 0.05) is 5.02 Å². The van der Waals surface area contributed by atoms with Gasteiger partial charge in [-0.05, 0) is 62.0 Å². The molecule has 2 N–H and O–H groups in total. The van der Waals surface area contributed by atoms with Gasteiger partial charge in [-0.1, -0.05) is 35.3 Å². The molecule has 3 aromatic rings. The zero-order chi connectivity index (χ0) is 22.1. The van der Waals surface area contributed by atoms with Crippen LogP contribution in [-0.4, -0.2) is 14.9 Å². The average molecular weight is 473 g/mol. The molecule has 1 heterocycles. The van der Waals surface area contributed by atoms with E-state index in [2.05, 4.69) is 15.7 Å². The molecule has 10 heteroatoms. The number of aryl methyl sites for hydroxylation is 1. The summed E-state index contributed by atoms with van der Waals surface area (Å²) >= 11 is 17.5. The van der Waals surface area contributed by atoms with Crippen LogP contribution >= 0.6 is 35.4 Å². The third-order valence-electron chi connectivity index (χ3n) is 4.38. The van der Waals surface area contributed by atoms with Gasteiger partial charge in [-0.3, -0.25) is 4.68 Å². The number of nitrogens with zero attached hydrogens (tertiary/aromatic N) is 2. The van der Waals surface area contributed by atoms with Gasteiger partial charge < -0.3 is 10.6 Å². The fraction of sp³-hybridized carbons (Fsp3) is 0.200. The van der Waals surface area contributed by atoms with Crippen LogP contribution in [-0.2, 0) is 12.7 Å². The molecule has 0 fully saturated rings. The first-order valence-corrected chi connectivity index (χ1v) is 9.94. The van der Waals surface area contributed by atoms with Crippen LogP contribution < -0.4 is 10.6 Å². The van der Waals surface area contributed by atoms with Gasteiger partial charge in [-0.15, -0.1) is 0 Å².